The van der Waals surface area contributed by atoms with Gasteiger partial charge in [-0.15, -0.1) is 0 Å². The van der Waals surface area contributed by atoms with Gasteiger partial charge in [-0.05, 0) is 19.9 Å². The molecule has 2 heterocycles. The molecule has 1 aliphatic heterocycles. The van der Waals surface area contributed by atoms with E-state index in [0.29, 0.717) is 6.54 Å². The Morgan fingerprint density at radius 3 is 2.86 bits per heavy atom. The van der Waals surface area contributed by atoms with Crippen LogP contribution in [0.5, 0.6) is 5.88 Å². The molecule has 1 fully saturated rings. The molecule has 0 aliphatic carbocycles. The molecule has 5 nitrogen and oxygen atoms in total. The minimum absolute atomic E-state index is 0.0686. The van der Waals surface area contributed by atoms with E-state index in [-0.39, 0.29) is 35.7 Å². The molecule has 1 aromatic heterocycles. The minimum Gasteiger partial charge on any atom is -0.474 e. The van der Waals surface area contributed by atoms with E-state index in [1.54, 1.807) is 0 Å². The van der Waals surface area contributed by atoms with Crippen molar-refractivity contribution in [3.8, 4) is 5.88 Å². The molecule has 1 aliphatic rings. The standard InChI is InChI=1S/C14H18ClF2N3O2/c1-8(2)22-13-10(15)5-9(6-19-13)14(21)20-4-3-18-7-11(20)12(16)17/h5-6,8,11-12,18H,3-4,7H2,1-2H3. The summed E-state index contributed by atoms with van der Waals surface area (Å²) in [6.07, 6.45) is -1.41. The summed E-state index contributed by atoms with van der Waals surface area (Å²) in [5, 5.41) is 3.04. The van der Waals surface area contributed by atoms with E-state index < -0.39 is 18.4 Å². The zero-order chi connectivity index (χ0) is 16.3. The van der Waals surface area contributed by atoms with E-state index in [1.807, 2.05) is 13.8 Å². The van der Waals surface area contributed by atoms with Crippen molar-refractivity contribution in [1.82, 2.24) is 15.2 Å². The van der Waals surface area contributed by atoms with Gasteiger partial charge in [0.2, 0.25) is 5.88 Å². The highest BCUT2D eigenvalue weighted by Crippen LogP contribution is 2.25. The van der Waals surface area contributed by atoms with Crippen molar-refractivity contribution in [3.05, 3.63) is 22.8 Å². The molecule has 1 N–H and O–H groups in total. The van der Waals surface area contributed by atoms with E-state index >= 15 is 0 Å². The summed E-state index contributed by atoms with van der Waals surface area (Å²) in [5.74, 6) is -0.281. The Labute approximate surface area is 132 Å². The summed E-state index contributed by atoms with van der Waals surface area (Å²) in [5.41, 5.74) is 0.175. The number of alkyl halides is 2. The summed E-state index contributed by atoms with van der Waals surface area (Å²) < 4.78 is 31.5. The number of piperazine rings is 1. The smallest absolute Gasteiger partial charge is 0.259 e. The third-order valence-corrected chi connectivity index (χ3v) is 3.51. The second kappa shape index (κ2) is 7.19. The third kappa shape index (κ3) is 3.84. The normalized spacial score (nSPS) is 18.9. The maximum absolute atomic E-state index is 13.0. The van der Waals surface area contributed by atoms with E-state index in [2.05, 4.69) is 10.3 Å². The summed E-state index contributed by atoms with van der Waals surface area (Å²) in [7, 11) is 0. The molecule has 1 saturated heterocycles. The first kappa shape index (κ1) is 16.9. The van der Waals surface area contributed by atoms with Crippen LogP contribution in [-0.4, -0.2) is 54.0 Å². The number of rotatable bonds is 4. The predicted octanol–water partition coefficient (Wildman–Crippen LogP) is 2.20. The fraction of sp³-hybridized carbons (Fsp3) is 0.571. The van der Waals surface area contributed by atoms with Crippen molar-refractivity contribution in [2.24, 2.45) is 0 Å². The topological polar surface area (TPSA) is 54.5 Å². The van der Waals surface area contributed by atoms with Gasteiger partial charge in [0.1, 0.15) is 11.1 Å². The van der Waals surface area contributed by atoms with Gasteiger partial charge in [-0.25, -0.2) is 13.8 Å². The Balaban J connectivity index is 2.19. The summed E-state index contributed by atoms with van der Waals surface area (Å²) in [6.45, 7) is 4.41. The first-order valence-corrected chi connectivity index (χ1v) is 7.40. The summed E-state index contributed by atoms with van der Waals surface area (Å²) >= 11 is 6.04. The van der Waals surface area contributed by atoms with Gasteiger partial charge in [0.05, 0.1) is 11.7 Å². The van der Waals surface area contributed by atoms with Crippen LogP contribution in [0, 0.1) is 0 Å². The highest BCUT2D eigenvalue weighted by molar-refractivity contribution is 6.32. The molecule has 8 heteroatoms. The largest absolute Gasteiger partial charge is 0.474 e. The second-order valence-corrected chi connectivity index (χ2v) is 5.69. The lowest BCUT2D eigenvalue weighted by Crippen LogP contribution is -2.56. The lowest BCUT2D eigenvalue weighted by Gasteiger charge is -2.35. The lowest BCUT2D eigenvalue weighted by atomic mass is 10.1. The zero-order valence-electron chi connectivity index (χ0n) is 12.4. The van der Waals surface area contributed by atoms with Crippen molar-refractivity contribution in [3.63, 3.8) is 0 Å². The molecule has 2 rings (SSSR count). The van der Waals surface area contributed by atoms with E-state index in [1.165, 1.54) is 12.3 Å². The molecule has 0 spiro atoms. The molecule has 1 amide bonds. The van der Waals surface area contributed by atoms with Crippen LogP contribution in [0.4, 0.5) is 8.78 Å². The van der Waals surface area contributed by atoms with Gasteiger partial charge in [0.25, 0.3) is 12.3 Å². The van der Waals surface area contributed by atoms with Gasteiger partial charge >= 0.3 is 0 Å². The Hall–Kier alpha value is -1.47. The SMILES string of the molecule is CC(C)Oc1ncc(C(=O)N2CCNCC2C(F)F)cc1Cl. The van der Waals surface area contributed by atoms with Crippen LogP contribution >= 0.6 is 11.6 Å². The molecule has 0 aromatic carbocycles. The van der Waals surface area contributed by atoms with Crippen LogP contribution in [0.15, 0.2) is 12.3 Å². The first-order valence-electron chi connectivity index (χ1n) is 7.02. The monoisotopic (exact) mass is 333 g/mol. The van der Waals surface area contributed by atoms with Crippen molar-refractivity contribution >= 4 is 17.5 Å². The molecule has 0 bridgehead atoms. The predicted molar refractivity (Wildman–Crippen MR) is 78.7 cm³/mol. The molecule has 1 aromatic rings. The number of hydrogen-bond donors (Lipinski definition) is 1. The Morgan fingerprint density at radius 2 is 2.27 bits per heavy atom. The molecule has 22 heavy (non-hydrogen) atoms. The molecule has 1 unspecified atom stereocenters. The van der Waals surface area contributed by atoms with Crippen LogP contribution in [0.25, 0.3) is 0 Å². The highest BCUT2D eigenvalue weighted by atomic mass is 35.5. The van der Waals surface area contributed by atoms with Crippen molar-refractivity contribution in [2.45, 2.75) is 32.4 Å². The molecular weight excluding hydrogens is 316 g/mol. The average Bonchev–Trinajstić information content (AvgIpc) is 2.48. The fourth-order valence-electron chi connectivity index (χ4n) is 2.22. The Kier molecular flexibility index (Phi) is 5.52. The van der Waals surface area contributed by atoms with Crippen LogP contribution in [0.2, 0.25) is 5.02 Å². The summed E-state index contributed by atoms with van der Waals surface area (Å²) in [6, 6.07) is 0.255. The lowest BCUT2D eigenvalue weighted by molar-refractivity contribution is 0.0126. The number of carbonyl (C=O) groups is 1. The molecule has 0 saturated carbocycles. The number of hydrogen-bond acceptors (Lipinski definition) is 4. The van der Waals surface area contributed by atoms with Gasteiger partial charge < -0.3 is 15.0 Å². The number of aromatic nitrogens is 1. The van der Waals surface area contributed by atoms with Crippen LogP contribution in [0.3, 0.4) is 0 Å². The highest BCUT2D eigenvalue weighted by Gasteiger charge is 2.34. The molecular formula is C14H18ClF2N3O2. The number of pyridine rings is 1. The number of amides is 1. The third-order valence-electron chi connectivity index (χ3n) is 3.24. The first-order chi connectivity index (χ1) is 10.4. The van der Waals surface area contributed by atoms with Gasteiger partial charge in [-0.3, -0.25) is 4.79 Å². The Morgan fingerprint density at radius 1 is 1.55 bits per heavy atom. The van der Waals surface area contributed by atoms with Crippen molar-refractivity contribution in [1.29, 1.82) is 0 Å². The van der Waals surface area contributed by atoms with Gasteiger partial charge in [0.15, 0.2) is 0 Å². The maximum Gasteiger partial charge on any atom is 0.259 e. The van der Waals surface area contributed by atoms with E-state index in [0.717, 1.165) is 4.90 Å². The van der Waals surface area contributed by atoms with Gasteiger partial charge in [-0.1, -0.05) is 11.6 Å². The van der Waals surface area contributed by atoms with Crippen LogP contribution in [0.1, 0.15) is 24.2 Å². The molecule has 1 atom stereocenters. The van der Waals surface area contributed by atoms with E-state index in [4.69, 9.17) is 16.3 Å². The summed E-state index contributed by atoms with van der Waals surface area (Å²) in [4.78, 5) is 17.6. The van der Waals surface area contributed by atoms with Crippen molar-refractivity contribution in [2.75, 3.05) is 19.6 Å². The number of carbonyl (C=O) groups excluding carboxylic acids is 1. The van der Waals surface area contributed by atoms with Gasteiger partial charge in [-0.2, -0.15) is 0 Å². The molecule has 0 radical (unpaired) electrons. The van der Waals surface area contributed by atoms with E-state index in [9.17, 15) is 13.6 Å². The van der Waals surface area contributed by atoms with Gasteiger partial charge in [0, 0.05) is 25.8 Å². The second-order valence-electron chi connectivity index (χ2n) is 5.28. The minimum atomic E-state index is -2.61. The number of nitrogens with one attached hydrogen (secondary N) is 1. The number of ether oxygens (including phenoxy) is 1. The zero-order valence-corrected chi connectivity index (χ0v) is 13.1. The molecule has 122 valence electrons. The Bertz CT molecular complexity index is 543. The van der Waals surface area contributed by atoms with Crippen LogP contribution < -0.4 is 10.1 Å². The average molecular weight is 334 g/mol. The number of halogens is 3. The van der Waals surface area contributed by atoms with Crippen molar-refractivity contribution < 1.29 is 18.3 Å². The maximum atomic E-state index is 13.0. The number of nitrogens with zero attached hydrogens (tertiary/aromatic N) is 2. The van der Waals surface area contributed by atoms with Crippen LogP contribution in [-0.2, 0) is 0 Å². The quantitative estimate of drug-likeness (QED) is 0.918. The fourth-order valence-corrected chi connectivity index (χ4v) is 2.43.